The molecule has 1 aromatic carbocycles. The maximum absolute atomic E-state index is 13.0. The van der Waals surface area contributed by atoms with Crippen LogP contribution in [-0.2, 0) is 0 Å². The summed E-state index contributed by atoms with van der Waals surface area (Å²) in [4.78, 5) is 0. The molecule has 0 aliphatic heterocycles. The number of aliphatic hydroxyl groups is 1. The first kappa shape index (κ1) is 10.7. The van der Waals surface area contributed by atoms with Gasteiger partial charge in [0.1, 0.15) is 5.75 Å². The fourth-order valence-corrected chi connectivity index (χ4v) is 1.11. The normalized spacial score (nSPS) is 12.6. The molecule has 0 heterocycles. The minimum absolute atomic E-state index is 0.0368. The van der Waals surface area contributed by atoms with Gasteiger partial charge in [0.15, 0.2) is 11.6 Å². The van der Waals surface area contributed by atoms with Crippen molar-refractivity contribution in [2.45, 2.75) is 6.10 Å². The van der Waals surface area contributed by atoms with Gasteiger partial charge >= 0.3 is 0 Å². The molecule has 4 nitrogen and oxygen atoms in total. The summed E-state index contributed by atoms with van der Waals surface area (Å²) in [5.74, 6) is -1.05. The zero-order valence-electron chi connectivity index (χ0n) is 7.70. The Balaban J connectivity index is 3.17. The maximum atomic E-state index is 13.0. The van der Waals surface area contributed by atoms with Crippen LogP contribution >= 0.6 is 0 Å². The highest BCUT2D eigenvalue weighted by atomic mass is 19.1. The van der Waals surface area contributed by atoms with Gasteiger partial charge in [-0.15, -0.1) is 0 Å². The van der Waals surface area contributed by atoms with Gasteiger partial charge in [0.05, 0.1) is 13.2 Å². The smallest absolute Gasteiger partial charge is 0.168 e. The van der Waals surface area contributed by atoms with E-state index in [2.05, 4.69) is 0 Å². The lowest BCUT2D eigenvalue weighted by atomic mass is 10.1. The first-order valence-electron chi connectivity index (χ1n) is 4.04. The van der Waals surface area contributed by atoms with Crippen molar-refractivity contribution in [3.8, 4) is 11.5 Å². The van der Waals surface area contributed by atoms with E-state index in [1.807, 2.05) is 0 Å². The molecular weight excluding hydrogens is 189 g/mol. The number of nitrogens with two attached hydrogens (primary N) is 1. The summed E-state index contributed by atoms with van der Waals surface area (Å²) in [6.45, 7) is -0.0532. The van der Waals surface area contributed by atoms with Gasteiger partial charge in [0.25, 0.3) is 0 Å². The highest BCUT2D eigenvalue weighted by Crippen LogP contribution is 2.30. The highest BCUT2D eigenvalue weighted by molar-refractivity contribution is 5.41. The molecule has 0 saturated heterocycles. The Morgan fingerprint density at radius 3 is 2.71 bits per heavy atom. The second-order valence-electron chi connectivity index (χ2n) is 2.80. The molecule has 14 heavy (non-hydrogen) atoms. The van der Waals surface area contributed by atoms with Crippen LogP contribution in [0.15, 0.2) is 12.1 Å². The van der Waals surface area contributed by atoms with Crippen molar-refractivity contribution in [3.63, 3.8) is 0 Å². The molecule has 78 valence electrons. The average Bonchev–Trinajstić information content (AvgIpc) is 2.17. The van der Waals surface area contributed by atoms with Crippen molar-refractivity contribution < 1.29 is 19.3 Å². The van der Waals surface area contributed by atoms with E-state index in [1.54, 1.807) is 0 Å². The molecule has 1 unspecified atom stereocenters. The van der Waals surface area contributed by atoms with Crippen LogP contribution < -0.4 is 10.5 Å². The predicted octanol–water partition coefficient (Wildman–Crippen LogP) is 0.532. The largest absolute Gasteiger partial charge is 0.507 e. The number of rotatable bonds is 3. The summed E-state index contributed by atoms with van der Waals surface area (Å²) in [5.41, 5.74) is 5.36. The number of benzene rings is 1. The molecule has 0 amide bonds. The van der Waals surface area contributed by atoms with Crippen molar-refractivity contribution in [2.75, 3.05) is 13.7 Å². The minimum atomic E-state index is -1.02. The van der Waals surface area contributed by atoms with Crippen molar-refractivity contribution >= 4 is 0 Å². The molecule has 5 heteroatoms. The monoisotopic (exact) mass is 201 g/mol. The molecule has 0 aliphatic carbocycles. The van der Waals surface area contributed by atoms with Crippen molar-refractivity contribution in [1.29, 1.82) is 0 Å². The Labute approximate surface area is 80.7 Å². The molecule has 0 radical (unpaired) electrons. The first-order chi connectivity index (χ1) is 6.60. The van der Waals surface area contributed by atoms with Gasteiger partial charge in [-0.25, -0.2) is 4.39 Å². The Morgan fingerprint density at radius 1 is 1.57 bits per heavy atom. The highest BCUT2D eigenvalue weighted by Gasteiger charge is 2.15. The van der Waals surface area contributed by atoms with Crippen LogP contribution in [0.2, 0.25) is 0 Å². The van der Waals surface area contributed by atoms with Gasteiger partial charge in [-0.1, -0.05) is 0 Å². The van der Waals surface area contributed by atoms with Crippen molar-refractivity contribution in [3.05, 3.63) is 23.5 Å². The van der Waals surface area contributed by atoms with Crippen molar-refractivity contribution in [1.82, 2.24) is 0 Å². The quantitative estimate of drug-likeness (QED) is 0.666. The summed E-state index contributed by atoms with van der Waals surface area (Å²) in [7, 11) is 1.30. The van der Waals surface area contributed by atoms with Crippen LogP contribution in [-0.4, -0.2) is 23.9 Å². The van der Waals surface area contributed by atoms with Crippen molar-refractivity contribution in [2.24, 2.45) is 5.73 Å². The van der Waals surface area contributed by atoms with E-state index >= 15 is 0 Å². The lowest BCUT2D eigenvalue weighted by molar-refractivity contribution is 0.182. The van der Waals surface area contributed by atoms with E-state index in [9.17, 15) is 14.6 Å². The Bertz CT molecular complexity index is 330. The standard InChI is InChI=1S/C9H12FNO3/c1-14-9-2-5(8(13)4-11)7(12)3-6(9)10/h2-3,8,12-13H,4,11H2,1H3. The lowest BCUT2D eigenvalue weighted by Crippen LogP contribution is -2.12. The van der Waals surface area contributed by atoms with Crippen LogP contribution in [0.4, 0.5) is 4.39 Å². The number of aromatic hydroxyl groups is 1. The summed E-state index contributed by atoms with van der Waals surface area (Å²) < 4.78 is 17.7. The number of phenols is 1. The first-order valence-corrected chi connectivity index (χ1v) is 4.04. The third-order valence-corrected chi connectivity index (χ3v) is 1.88. The Hall–Kier alpha value is -1.33. The van der Waals surface area contributed by atoms with E-state index < -0.39 is 11.9 Å². The summed E-state index contributed by atoms with van der Waals surface area (Å²) in [6, 6.07) is 2.11. The molecule has 1 atom stereocenters. The van der Waals surface area contributed by atoms with Crippen LogP contribution in [0.5, 0.6) is 11.5 Å². The number of hydrogen-bond donors (Lipinski definition) is 3. The maximum Gasteiger partial charge on any atom is 0.168 e. The molecular formula is C9H12FNO3. The number of phenolic OH excluding ortho intramolecular Hbond substituents is 1. The number of aliphatic hydroxyl groups excluding tert-OH is 1. The fraction of sp³-hybridized carbons (Fsp3) is 0.333. The number of halogens is 1. The van der Waals surface area contributed by atoms with Crippen LogP contribution in [0.3, 0.4) is 0 Å². The van der Waals surface area contributed by atoms with Gasteiger partial charge in [0, 0.05) is 18.2 Å². The third-order valence-electron chi connectivity index (χ3n) is 1.88. The van der Waals surface area contributed by atoms with E-state index in [1.165, 1.54) is 13.2 Å². The molecule has 1 rings (SSSR count). The SMILES string of the molecule is COc1cc(C(O)CN)c(O)cc1F. The van der Waals surface area contributed by atoms with E-state index in [0.29, 0.717) is 0 Å². The van der Waals surface area contributed by atoms with E-state index in [0.717, 1.165) is 6.07 Å². The summed E-state index contributed by atoms with van der Waals surface area (Å²) in [5, 5.41) is 18.7. The number of hydrogen-bond acceptors (Lipinski definition) is 4. The number of methoxy groups -OCH3 is 1. The molecule has 0 aromatic heterocycles. The molecule has 0 fully saturated rings. The van der Waals surface area contributed by atoms with E-state index in [-0.39, 0.29) is 23.6 Å². The van der Waals surface area contributed by atoms with E-state index in [4.69, 9.17) is 10.5 Å². The molecule has 0 spiro atoms. The Morgan fingerprint density at radius 2 is 2.21 bits per heavy atom. The molecule has 0 aliphatic rings. The van der Waals surface area contributed by atoms with Gasteiger partial charge < -0.3 is 20.7 Å². The van der Waals surface area contributed by atoms with Gasteiger partial charge in [-0.05, 0) is 6.07 Å². The summed E-state index contributed by atoms with van der Waals surface area (Å²) >= 11 is 0. The minimum Gasteiger partial charge on any atom is -0.507 e. The zero-order valence-corrected chi connectivity index (χ0v) is 7.70. The van der Waals surface area contributed by atoms with Crippen LogP contribution in [0, 0.1) is 5.82 Å². The van der Waals surface area contributed by atoms with Gasteiger partial charge in [0.2, 0.25) is 0 Å². The zero-order chi connectivity index (χ0) is 10.7. The van der Waals surface area contributed by atoms with Gasteiger partial charge in [-0.3, -0.25) is 0 Å². The molecule has 0 bridgehead atoms. The second kappa shape index (κ2) is 4.26. The molecule has 4 N–H and O–H groups in total. The fourth-order valence-electron chi connectivity index (χ4n) is 1.11. The predicted molar refractivity (Wildman–Crippen MR) is 48.6 cm³/mol. The van der Waals surface area contributed by atoms with Crippen LogP contribution in [0.1, 0.15) is 11.7 Å². The topological polar surface area (TPSA) is 75.7 Å². The molecule has 1 aromatic rings. The van der Waals surface area contributed by atoms with Gasteiger partial charge in [-0.2, -0.15) is 0 Å². The van der Waals surface area contributed by atoms with Crippen LogP contribution in [0.25, 0.3) is 0 Å². The average molecular weight is 201 g/mol. The number of ether oxygens (including phenoxy) is 1. The second-order valence-corrected chi connectivity index (χ2v) is 2.80. The Kier molecular flexibility index (Phi) is 3.27. The summed E-state index contributed by atoms with van der Waals surface area (Å²) in [6.07, 6.45) is -1.02. The third kappa shape index (κ3) is 1.94. The molecule has 0 saturated carbocycles. The lowest BCUT2D eigenvalue weighted by Gasteiger charge is -2.12.